The molecule has 0 aromatic heterocycles. The summed E-state index contributed by atoms with van der Waals surface area (Å²) < 4.78 is 0. The molecule has 0 aliphatic heterocycles. The minimum atomic E-state index is -0.0299. The molecule has 0 radical (unpaired) electrons. The Kier molecular flexibility index (Phi) is 6.09. The summed E-state index contributed by atoms with van der Waals surface area (Å²) >= 11 is 12.0. The summed E-state index contributed by atoms with van der Waals surface area (Å²) in [5, 5.41) is 13.0. The number of aliphatic hydroxyl groups excluding tert-OH is 1. The summed E-state index contributed by atoms with van der Waals surface area (Å²) in [7, 11) is 0. The highest BCUT2D eigenvalue weighted by atomic mass is 35.5. The molecule has 0 aliphatic carbocycles. The van der Waals surface area contributed by atoms with Crippen LogP contribution in [0.2, 0.25) is 10.0 Å². The van der Waals surface area contributed by atoms with Gasteiger partial charge in [-0.15, -0.1) is 0 Å². The van der Waals surface area contributed by atoms with E-state index in [1.54, 1.807) is 6.07 Å². The van der Waals surface area contributed by atoms with Crippen LogP contribution in [0.15, 0.2) is 18.2 Å². The Morgan fingerprint density at radius 1 is 1.38 bits per heavy atom. The van der Waals surface area contributed by atoms with Gasteiger partial charge in [0.1, 0.15) is 0 Å². The van der Waals surface area contributed by atoms with Crippen LogP contribution < -0.4 is 11.1 Å². The number of nitrogens with two attached hydrogens (primary N) is 1. The van der Waals surface area contributed by atoms with Gasteiger partial charge in [0.15, 0.2) is 0 Å². The average Bonchev–Trinajstić information content (AvgIpc) is 2.29. The first-order valence-electron chi connectivity index (χ1n) is 5.19. The van der Waals surface area contributed by atoms with Gasteiger partial charge in [-0.05, 0) is 24.6 Å². The molecule has 0 spiro atoms. The van der Waals surface area contributed by atoms with Crippen molar-refractivity contribution in [3.63, 3.8) is 0 Å². The second-order valence-electron chi connectivity index (χ2n) is 3.46. The van der Waals surface area contributed by atoms with Crippen LogP contribution in [0, 0.1) is 0 Å². The van der Waals surface area contributed by atoms with Crippen LogP contribution in [0.1, 0.15) is 18.0 Å². The third-order valence-electron chi connectivity index (χ3n) is 2.32. The molecule has 0 heterocycles. The minimum Gasteiger partial charge on any atom is -0.396 e. The van der Waals surface area contributed by atoms with E-state index in [-0.39, 0.29) is 12.6 Å². The maximum absolute atomic E-state index is 8.70. The molecule has 16 heavy (non-hydrogen) atoms. The Bertz CT molecular complexity index is 334. The summed E-state index contributed by atoms with van der Waals surface area (Å²) in [5.74, 6) is 0. The Morgan fingerprint density at radius 2 is 2.12 bits per heavy atom. The van der Waals surface area contributed by atoms with Gasteiger partial charge in [-0.1, -0.05) is 35.3 Å². The van der Waals surface area contributed by atoms with Gasteiger partial charge in [0.2, 0.25) is 0 Å². The molecular formula is C11H16Cl2N2O. The van der Waals surface area contributed by atoms with Gasteiger partial charge in [-0.25, -0.2) is 0 Å². The molecule has 1 rings (SSSR count). The predicted octanol–water partition coefficient (Wildman–Crippen LogP) is 1.97. The van der Waals surface area contributed by atoms with Crippen molar-refractivity contribution in [3.8, 4) is 0 Å². The first-order chi connectivity index (χ1) is 7.70. The minimum absolute atomic E-state index is 0.0299. The van der Waals surface area contributed by atoms with Crippen molar-refractivity contribution in [3.05, 3.63) is 33.8 Å². The van der Waals surface area contributed by atoms with Crippen molar-refractivity contribution >= 4 is 23.2 Å². The van der Waals surface area contributed by atoms with Crippen LogP contribution in [0.5, 0.6) is 0 Å². The molecule has 0 bridgehead atoms. The number of halogens is 2. The molecule has 4 N–H and O–H groups in total. The molecule has 1 aromatic carbocycles. The highest BCUT2D eigenvalue weighted by Crippen LogP contribution is 2.29. The van der Waals surface area contributed by atoms with Crippen LogP contribution >= 0.6 is 23.2 Å². The molecule has 90 valence electrons. The summed E-state index contributed by atoms with van der Waals surface area (Å²) in [6.45, 7) is 1.29. The lowest BCUT2D eigenvalue weighted by Crippen LogP contribution is -2.29. The van der Waals surface area contributed by atoms with Crippen LogP contribution in [-0.2, 0) is 0 Å². The lowest BCUT2D eigenvalue weighted by Gasteiger charge is -2.18. The molecule has 0 fully saturated rings. The number of aliphatic hydroxyl groups is 1. The number of hydrogen-bond acceptors (Lipinski definition) is 3. The molecule has 1 unspecified atom stereocenters. The summed E-state index contributed by atoms with van der Waals surface area (Å²) in [4.78, 5) is 0. The first kappa shape index (κ1) is 13.7. The zero-order chi connectivity index (χ0) is 12.0. The van der Waals surface area contributed by atoms with E-state index in [0.29, 0.717) is 29.6 Å². The zero-order valence-corrected chi connectivity index (χ0v) is 10.4. The van der Waals surface area contributed by atoms with E-state index in [9.17, 15) is 0 Å². The van der Waals surface area contributed by atoms with Gasteiger partial charge < -0.3 is 16.2 Å². The highest BCUT2D eigenvalue weighted by molar-refractivity contribution is 6.42. The monoisotopic (exact) mass is 262 g/mol. The molecule has 5 heteroatoms. The van der Waals surface area contributed by atoms with Gasteiger partial charge in [0.05, 0.1) is 10.0 Å². The number of benzene rings is 1. The summed E-state index contributed by atoms with van der Waals surface area (Å²) in [6.07, 6.45) is 0.689. The smallest absolute Gasteiger partial charge is 0.0640 e. The second kappa shape index (κ2) is 7.09. The lowest BCUT2D eigenvalue weighted by molar-refractivity contribution is 0.283. The lowest BCUT2D eigenvalue weighted by atomic mass is 10.1. The van der Waals surface area contributed by atoms with Crippen molar-refractivity contribution in [2.75, 3.05) is 19.7 Å². The topological polar surface area (TPSA) is 58.3 Å². The predicted molar refractivity (Wildman–Crippen MR) is 68.0 cm³/mol. The number of rotatable bonds is 6. The van der Waals surface area contributed by atoms with Gasteiger partial charge in [-0.2, -0.15) is 0 Å². The molecule has 1 aromatic rings. The summed E-state index contributed by atoms with van der Waals surface area (Å²) in [5.41, 5.74) is 6.58. The Hall–Kier alpha value is -0.320. The maximum Gasteiger partial charge on any atom is 0.0640 e. The molecule has 1 atom stereocenters. The second-order valence-corrected chi connectivity index (χ2v) is 4.25. The Morgan fingerprint density at radius 3 is 2.75 bits per heavy atom. The van der Waals surface area contributed by atoms with E-state index in [1.165, 1.54) is 0 Å². The SMILES string of the molecule is NCC(NCCCO)c1cccc(Cl)c1Cl. The molecule has 0 aliphatic rings. The molecule has 3 nitrogen and oxygen atoms in total. The normalized spacial score (nSPS) is 12.8. The number of nitrogens with one attached hydrogen (secondary N) is 1. The van der Waals surface area contributed by atoms with Crippen LogP contribution in [-0.4, -0.2) is 24.8 Å². The van der Waals surface area contributed by atoms with E-state index in [1.807, 2.05) is 12.1 Å². The van der Waals surface area contributed by atoms with Crippen molar-refractivity contribution in [1.82, 2.24) is 5.32 Å². The fraction of sp³-hybridized carbons (Fsp3) is 0.455. The van der Waals surface area contributed by atoms with E-state index in [2.05, 4.69) is 5.32 Å². The van der Waals surface area contributed by atoms with Crippen molar-refractivity contribution in [2.45, 2.75) is 12.5 Å². The molecule has 0 amide bonds. The third kappa shape index (κ3) is 3.61. The van der Waals surface area contributed by atoms with Gasteiger partial charge in [-0.3, -0.25) is 0 Å². The Balaban J connectivity index is 2.74. The van der Waals surface area contributed by atoms with Crippen molar-refractivity contribution < 1.29 is 5.11 Å². The van der Waals surface area contributed by atoms with Crippen LogP contribution in [0.3, 0.4) is 0 Å². The van der Waals surface area contributed by atoms with E-state index in [4.69, 9.17) is 34.0 Å². The van der Waals surface area contributed by atoms with E-state index in [0.717, 1.165) is 5.56 Å². The fourth-order valence-corrected chi connectivity index (χ4v) is 1.90. The molecule has 0 saturated carbocycles. The largest absolute Gasteiger partial charge is 0.396 e. The molecular weight excluding hydrogens is 247 g/mol. The van der Waals surface area contributed by atoms with Gasteiger partial charge >= 0.3 is 0 Å². The van der Waals surface area contributed by atoms with Gasteiger partial charge in [0.25, 0.3) is 0 Å². The standard InChI is InChI=1S/C11H16Cl2N2O/c12-9-4-1-3-8(11(9)13)10(7-14)15-5-2-6-16/h1,3-4,10,15-16H,2,5-7,14H2. The van der Waals surface area contributed by atoms with Crippen LogP contribution in [0.4, 0.5) is 0 Å². The first-order valence-corrected chi connectivity index (χ1v) is 5.94. The van der Waals surface area contributed by atoms with Crippen molar-refractivity contribution in [2.24, 2.45) is 5.73 Å². The van der Waals surface area contributed by atoms with Crippen LogP contribution in [0.25, 0.3) is 0 Å². The number of hydrogen-bond donors (Lipinski definition) is 3. The third-order valence-corrected chi connectivity index (χ3v) is 3.15. The highest BCUT2D eigenvalue weighted by Gasteiger charge is 2.13. The summed E-state index contributed by atoms with van der Waals surface area (Å²) in [6, 6.07) is 5.46. The fourth-order valence-electron chi connectivity index (χ4n) is 1.47. The van der Waals surface area contributed by atoms with Crippen molar-refractivity contribution in [1.29, 1.82) is 0 Å². The average molecular weight is 263 g/mol. The molecule has 0 saturated heterocycles. The van der Waals surface area contributed by atoms with E-state index < -0.39 is 0 Å². The quantitative estimate of drug-likeness (QED) is 0.688. The van der Waals surface area contributed by atoms with Gasteiger partial charge in [0, 0.05) is 19.2 Å². The van der Waals surface area contributed by atoms with E-state index >= 15 is 0 Å². The Labute approximate surface area is 106 Å². The maximum atomic E-state index is 8.70. The zero-order valence-electron chi connectivity index (χ0n) is 8.92.